The highest BCUT2D eigenvalue weighted by Gasteiger charge is 2.44. The molecule has 1 fully saturated rings. The van der Waals surface area contributed by atoms with Gasteiger partial charge in [0, 0.05) is 13.1 Å². The number of alkyl carbamates (subject to hydrolysis) is 1. The Bertz CT molecular complexity index is 587. The Labute approximate surface area is 171 Å². The van der Waals surface area contributed by atoms with E-state index in [0.717, 1.165) is 0 Å². The minimum atomic E-state index is -0.817. The molecule has 166 valence electrons. The van der Waals surface area contributed by atoms with Gasteiger partial charge in [0.25, 0.3) is 0 Å². The van der Waals surface area contributed by atoms with Crippen LogP contribution in [0.2, 0.25) is 0 Å². The molecule has 29 heavy (non-hydrogen) atoms. The number of ether oxygens (including phenoxy) is 4. The van der Waals surface area contributed by atoms with Gasteiger partial charge < -0.3 is 29.6 Å². The topological polar surface area (TPSA) is 129 Å². The third kappa shape index (κ3) is 8.68. The van der Waals surface area contributed by atoms with Crippen molar-refractivity contribution in [3.63, 3.8) is 0 Å². The van der Waals surface area contributed by atoms with Gasteiger partial charge in [0.15, 0.2) is 0 Å². The molecule has 3 unspecified atom stereocenters. The first kappa shape index (κ1) is 24.7. The molecule has 0 heterocycles. The fourth-order valence-electron chi connectivity index (χ4n) is 3.13. The Kier molecular flexibility index (Phi) is 9.87. The lowest BCUT2D eigenvalue weighted by molar-refractivity contribution is -0.169. The molecule has 1 aliphatic carbocycles. The first-order valence-corrected chi connectivity index (χ1v) is 9.60. The highest BCUT2D eigenvalue weighted by Crippen LogP contribution is 2.34. The van der Waals surface area contributed by atoms with Crippen LogP contribution in [0.3, 0.4) is 0 Å². The number of amides is 2. The average molecular weight is 416 g/mol. The normalized spacial score (nSPS) is 21.6. The van der Waals surface area contributed by atoms with E-state index in [1.807, 2.05) is 0 Å². The molecule has 10 nitrogen and oxygen atoms in total. The predicted octanol–water partition coefficient (Wildman–Crippen LogP) is 0.775. The third-order valence-corrected chi connectivity index (χ3v) is 4.36. The monoisotopic (exact) mass is 416 g/mol. The van der Waals surface area contributed by atoms with Gasteiger partial charge in [-0.05, 0) is 40.0 Å². The number of esters is 2. The van der Waals surface area contributed by atoms with Gasteiger partial charge in [-0.15, -0.1) is 0 Å². The molecule has 0 aromatic rings. The molecule has 2 amide bonds. The van der Waals surface area contributed by atoms with E-state index in [-0.39, 0.29) is 19.7 Å². The standard InChI is InChI=1S/C19H32N2O8/c1-19(2,3)29-18(25)21-10-9-20-14(22)11-28-13-8-6-7-12(16(23)26-4)15(13)17(24)27-5/h12-13,15H,6-11H2,1-5H3,(H,20,22)(H,21,25). The zero-order valence-electron chi connectivity index (χ0n) is 17.7. The minimum Gasteiger partial charge on any atom is -0.469 e. The van der Waals surface area contributed by atoms with Crippen LogP contribution in [-0.2, 0) is 33.3 Å². The summed E-state index contributed by atoms with van der Waals surface area (Å²) in [6.07, 6.45) is 0.500. The first-order valence-electron chi connectivity index (χ1n) is 9.60. The molecule has 1 aliphatic rings. The molecule has 0 aromatic carbocycles. The summed E-state index contributed by atoms with van der Waals surface area (Å²) >= 11 is 0. The molecule has 0 spiro atoms. The maximum absolute atomic E-state index is 12.2. The van der Waals surface area contributed by atoms with Crippen molar-refractivity contribution in [2.75, 3.05) is 33.9 Å². The molecular formula is C19H32N2O8. The number of carbonyl (C=O) groups is 4. The quantitative estimate of drug-likeness (QED) is 0.337. The molecule has 2 N–H and O–H groups in total. The van der Waals surface area contributed by atoms with Gasteiger partial charge in [-0.3, -0.25) is 14.4 Å². The van der Waals surface area contributed by atoms with E-state index in [1.165, 1.54) is 14.2 Å². The number of carbonyl (C=O) groups excluding carboxylic acids is 4. The number of methoxy groups -OCH3 is 2. The van der Waals surface area contributed by atoms with E-state index in [0.29, 0.717) is 19.3 Å². The molecule has 1 rings (SSSR count). The van der Waals surface area contributed by atoms with E-state index >= 15 is 0 Å². The highest BCUT2D eigenvalue weighted by molar-refractivity contribution is 5.83. The molecule has 0 saturated heterocycles. The zero-order chi connectivity index (χ0) is 22.0. The molecule has 0 bridgehead atoms. The van der Waals surface area contributed by atoms with Crippen LogP contribution in [0.1, 0.15) is 40.0 Å². The molecule has 0 aromatic heterocycles. The molecule has 10 heteroatoms. The van der Waals surface area contributed by atoms with Crippen molar-refractivity contribution < 1.29 is 38.1 Å². The SMILES string of the molecule is COC(=O)C1CCCC(OCC(=O)NCCNC(=O)OC(C)(C)C)C1C(=O)OC. The fourth-order valence-corrected chi connectivity index (χ4v) is 3.13. The molecule has 0 radical (unpaired) electrons. The molecule has 3 atom stereocenters. The van der Waals surface area contributed by atoms with Gasteiger partial charge in [0.2, 0.25) is 5.91 Å². The summed E-state index contributed by atoms with van der Waals surface area (Å²) in [5, 5.41) is 5.13. The highest BCUT2D eigenvalue weighted by atomic mass is 16.6. The van der Waals surface area contributed by atoms with Crippen molar-refractivity contribution in [2.45, 2.75) is 51.7 Å². The van der Waals surface area contributed by atoms with E-state index in [1.54, 1.807) is 20.8 Å². The number of hydrogen-bond acceptors (Lipinski definition) is 8. The molecular weight excluding hydrogens is 384 g/mol. The fraction of sp³-hybridized carbons (Fsp3) is 0.789. The van der Waals surface area contributed by atoms with Gasteiger partial charge in [0.1, 0.15) is 12.2 Å². The summed E-state index contributed by atoms with van der Waals surface area (Å²) in [6, 6.07) is 0. The Morgan fingerprint density at radius 3 is 2.14 bits per heavy atom. The molecule has 0 aliphatic heterocycles. The van der Waals surface area contributed by atoms with Gasteiger partial charge in [0.05, 0.1) is 32.2 Å². The van der Waals surface area contributed by atoms with Gasteiger partial charge >= 0.3 is 18.0 Å². The zero-order valence-corrected chi connectivity index (χ0v) is 17.7. The number of nitrogens with one attached hydrogen (secondary N) is 2. The maximum atomic E-state index is 12.2. The van der Waals surface area contributed by atoms with Gasteiger partial charge in [-0.1, -0.05) is 0 Å². The first-order chi connectivity index (χ1) is 13.6. The van der Waals surface area contributed by atoms with Crippen LogP contribution < -0.4 is 10.6 Å². The summed E-state index contributed by atoms with van der Waals surface area (Å²) in [4.78, 5) is 47.7. The Balaban J connectivity index is 2.45. The summed E-state index contributed by atoms with van der Waals surface area (Å²) in [6.45, 7) is 5.37. The lowest BCUT2D eigenvalue weighted by atomic mass is 9.77. The lowest BCUT2D eigenvalue weighted by Gasteiger charge is -2.34. The van der Waals surface area contributed by atoms with E-state index < -0.39 is 47.5 Å². The second kappa shape index (κ2) is 11.6. The van der Waals surface area contributed by atoms with Gasteiger partial charge in [-0.25, -0.2) is 4.79 Å². The maximum Gasteiger partial charge on any atom is 0.407 e. The summed E-state index contributed by atoms with van der Waals surface area (Å²) < 4.78 is 20.3. The van der Waals surface area contributed by atoms with Gasteiger partial charge in [-0.2, -0.15) is 0 Å². The van der Waals surface area contributed by atoms with Crippen LogP contribution >= 0.6 is 0 Å². The second-order valence-electron chi connectivity index (χ2n) is 7.74. The summed E-state index contributed by atoms with van der Waals surface area (Å²) in [5.74, 6) is -2.94. The largest absolute Gasteiger partial charge is 0.469 e. The second-order valence-corrected chi connectivity index (χ2v) is 7.74. The Morgan fingerprint density at radius 1 is 0.931 bits per heavy atom. The predicted molar refractivity (Wildman–Crippen MR) is 102 cm³/mol. The Hall–Kier alpha value is -2.36. The van der Waals surface area contributed by atoms with E-state index in [4.69, 9.17) is 18.9 Å². The lowest BCUT2D eigenvalue weighted by Crippen LogP contribution is -2.45. The van der Waals surface area contributed by atoms with Crippen molar-refractivity contribution in [3.05, 3.63) is 0 Å². The van der Waals surface area contributed by atoms with Crippen LogP contribution in [0.15, 0.2) is 0 Å². The van der Waals surface area contributed by atoms with Crippen LogP contribution in [0.25, 0.3) is 0 Å². The average Bonchev–Trinajstić information content (AvgIpc) is 2.66. The van der Waals surface area contributed by atoms with Crippen LogP contribution in [-0.4, -0.2) is 69.6 Å². The Morgan fingerprint density at radius 2 is 1.55 bits per heavy atom. The van der Waals surface area contributed by atoms with Crippen molar-refractivity contribution in [3.8, 4) is 0 Å². The third-order valence-electron chi connectivity index (χ3n) is 4.36. The van der Waals surface area contributed by atoms with Crippen molar-refractivity contribution in [1.29, 1.82) is 0 Å². The van der Waals surface area contributed by atoms with Crippen molar-refractivity contribution in [1.82, 2.24) is 10.6 Å². The summed E-state index contributed by atoms with van der Waals surface area (Å²) in [7, 11) is 2.51. The van der Waals surface area contributed by atoms with Crippen LogP contribution in [0, 0.1) is 11.8 Å². The summed E-state index contributed by atoms with van der Waals surface area (Å²) in [5.41, 5.74) is -0.598. The number of rotatable bonds is 8. The van der Waals surface area contributed by atoms with Crippen molar-refractivity contribution >= 4 is 23.9 Å². The van der Waals surface area contributed by atoms with E-state index in [2.05, 4.69) is 10.6 Å². The molecule has 1 saturated carbocycles. The van der Waals surface area contributed by atoms with Crippen LogP contribution in [0.5, 0.6) is 0 Å². The van der Waals surface area contributed by atoms with Crippen molar-refractivity contribution in [2.24, 2.45) is 11.8 Å². The minimum absolute atomic E-state index is 0.192. The number of hydrogen-bond donors (Lipinski definition) is 2. The smallest absolute Gasteiger partial charge is 0.407 e. The van der Waals surface area contributed by atoms with Crippen LogP contribution in [0.4, 0.5) is 4.79 Å². The van der Waals surface area contributed by atoms with E-state index in [9.17, 15) is 19.2 Å².